The molecule has 220 valence electrons. The Balaban J connectivity index is 1.06. The average molecular weight is 584 g/mol. The molecule has 0 saturated heterocycles. The van der Waals surface area contributed by atoms with Crippen LogP contribution in [0.1, 0.15) is 42.9 Å². The molecule has 0 radical (unpaired) electrons. The van der Waals surface area contributed by atoms with Gasteiger partial charge >= 0.3 is 0 Å². The number of imidazole rings is 1. The number of para-hydroxylation sites is 3. The minimum absolute atomic E-state index is 0.382. The van der Waals surface area contributed by atoms with Crippen LogP contribution in [0.5, 0.6) is 0 Å². The maximum absolute atomic E-state index is 4.88. The van der Waals surface area contributed by atoms with Crippen molar-refractivity contribution in [3.63, 3.8) is 0 Å². The molecule has 1 aliphatic rings. The van der Waals surface area contributed by atoms with Crippen molar-refractivity contribution in [2.45, 2.75) is 31.7 Å². The van der Waals surface area contributed by atoms with Gasteiger partial charge in [0.2, 0.25) is 0 Å². The van der Waals surface area contributed by atoms with Crippen LogP contribution in [-0.4, -0.2) is 16.6 Å². The molecule has 0 aliphatic carbocycles. The highest BCUT2D eigenvalue weighted by Gasteiger charge is 2.26. The Morgan fingerprint density at radius 3 is 1.89 bits per heavy atom. The largest absolute Gasteiger partial charge is 0.367 e. The summed E-state index contributed by atoms with van der Waals surface area (Å²) >= 11 is 0. The summed E-state index contributed by atoms with van der Waals surface area (Å²) < 4.78 is 2.17. The van der Waals surface area contributed by atoms with E-state index < -0.39 is 0 Å². The van der Waals surface area contributed by atoms with Crippen LogP contribution < -0.4 is 4.90 Å². The quantitative estimate of drug-likeness (QED) is 0.205. The number of aromatic nitrogens is 2. The maximum atomic E-state index is 4.88. The molecule has 1 unspecified atom stereocenters. The standard InChI is InChI=1S/C42H37N3/c1-28-12-25-39(44(2)40-10-6-4-8-37(28)40)32-19-13-29(14-20-32)34-23-17-31-18-24-35(27-36(31)26-34)30-15-21-33(22-16-30)42-43-38-9-5-7-11-41(38)45(42)3/h4-11,13-24,26-28,39H,12,25H2,1-3H3/t28-,39?/m1/s1. The van der Waals surface area contributed by atoms with Crippen LogP contribution in [0, 0.1) is 0 Å². The maximum Gasteiger partial charge on any atom is 0.140 e. The number of anilines is 1. The zero-order valence-corrected chi connectivity index (χ0v) is 26.1. The molecule has 0 fully saturated rings. The van der Waals surface area contributed by atoms with Crippen molar-refractivity contribution in [2.24, 2.45) is 7.05 Å². The first kappa shape index (κ1) is 27.4. The van der Waals surface area contributed by atoms with Crippen molar-refractivity contribution in [1.82, 2.24) is 9.55 Å². The van der Waals surface area contributed by atoms with Crippen molar-refractivity contribution in [1.29, 1.82) is 0 Å². The van der Waals surface area contributed by atoms with Crippen LogP contribution in [-0.2, 0) is 7.05 Å². The van der Waals surface area contributed by atoms with Crippen molar-refractivity contribution in [3.8, 4) is 33.6 Å². The van der Waals surface area contributed by atoms with Crippen molar-refractivity contribution in [2.75, 3.05) is 11.9 Å². The Bertz CT molecular complexity index is 2150. The normalized spacial score (nSPS) is 16.6. The lowest BCUT2D eigenvalue weighted by Crippen LogP contribution is -2.23. The summed E-state index contributed by atoms with van der Waals surface area (Å²) in [5, 5.41) is 2.51. The fourth-order valence-corrected chi connectivity index (χ4v) is 7.26. The molecule has 1 aliphatic heterocycles. The second kappa shape index (κ2) is 11.1. The summed E-state index contributed by atoms with van der Waals surface area (Å²) in [6.07, 6.45) is 2.35. The predicted molar refractivity (Wildman–Crippen MR) is 190 cm³/mol. The topological polar surface area (TPSA) is 21.1 Å². The third kappa shape index (κ3) is 4.89. The molecule has 8 rings (SSSR count). The minimum atomic E-state index is 0.382. The van der Waals surface area contributed by atoms with Gasteiger partial charge in [0.05, 0.1) is 17.1 Å². The fourth-order valence-electron chi connectivity index (χ4n) is 7.26. The van der Waals surface area contributed by atoms with Crippen LogP contribution in [0.25, 0.3) is 55.4 Å². The third-order valence-corrected chi connectivity index (χ3v) is 9.92. The van der Waals surface area contributed by atoms with Gasteiger partial charge < -0.3 is 9.47 Å². The highest BCUT2D eigenvalue weighted by molar-refractivity contribution is 5.91. The molecule has 6 aromatic carbocycles. The van der Waals surface area contributed by atoms with E-state index in [1.165, 1.54) is 56.3 Å². The molecular weight excluding hydrogens is 546 g/mol. The van der Waals surface area contributed by atoms with E-state index in [1.54, 1.807) is 0 Å². The van der Waals surface area contributed by atoms with E-state index in [0.29, 0.717) is 12.0 Å². The number of nitrogens with zero attached hydrogens (tertiary/aromatic N) is 3. The summed E-state index contributed by atoms with van der Waals surface area (Å²) in [6.45, 7) is 2.36. The second-order valence-corrected chi connectivity index (χ2v) is 12.6. The van der Waals surface area contributed by atoms with E-state index in [1.807, 2.05) is 6.07 Å². The van der Waals surface area contributed by atoms with Gasteiger partial charge in [-0.15, -0.1) is 0 Å². The highest BCUT2D eigenvalue weighted by atomic mass is 15.1. The van der Waals surface area contributed by atoms with Gasteiger partial charge in [0, 0.05) is 25.3 Å². The van der Waals surface area contributed by atoms with Crippen molar-refractivity contribution in [3.05, 3.63) is 145 Å². The first-order valence-electron chi connectivity index (χ1n) is 16.0. The molecule has 0 bridgehead atoms. The molecule has 2 atom stereocenters. The highest BCUT2D eigenvalue weighted by Crippen LogP contribution is 2.41. The van der Waals surface area contributed by atoms with Crippen LogP contribution in [0.4, 0.5) is 5.69 Å². The lowest BCUT2D eigenvalue weighted by Gasteiger charge is -2.30. The van der Waals surface area contributed by atoms with E-state index in [-0.39, 0.29) is 0 Å². The average Bonchev–Trinajstić information content (AvgIpc) is 3.37. The molecule has 1 aromatic heterocycles. The Morgan fingerprint density at radius 2 is 1.18 bits per heavy atom. The summed E-state index contributed by atoms with van der Waals surface area (Å²) in [5.41, 5.74) is 12.4. The fraction of sp³-hybridized carbons (Fsp3) is 0.167. The zero-order valence-electron chi connectivity index (χ0n) is 26.1. The molecule has 3 heteroatoms. The minimum Gasteiger partial charge on any atom is -0.367 e. The summed E-state index contributed by atoms with van der Waals surface area (Å²) in [5.74, 6) is 1.57. The van der Waals surface area contributed by atoms with Crippen LogP contribution >= 0.6 is 0 Å². The number of hydrogen-bond acceptors (Lipinski definition) is 2. The Kier molecular flexibility index (Phi) is 6.75. The van der Waals surface area contributed by atoms with Gasteiger partial charge in [-0.2, -0.15) is 0 Å². The summed E-state index contributed by atoms with van der Waals surface area (Å²) in [4.78, 5) is 7.36. The third-order valence-electron chi connectivity index (χ3n) is 9.92. The van der Waals surface area contributed by atoms with Gasteiger partial charge in [0.1, 0.15) is 5.82 Å². The van der Waals surface area contributed by atoms with Gasteiger partial charge in [-0.3, -0.25) is 0 Å². The molecular formula is C42H37N3. The lowest BCUT2D eigenvalue weighted by molar-refractivity contribution is 0.565. The zero-order chi connectivity index (χ0) is 30.5. The Hall–Kier alpha value is -5.15. The van der Waals surface area contributed by atoms with Gasteiger partial charge in [-0.1, -0.05) is 110 Å². The SMILES string of the molecule is C[C@@H]1CCC(c2ccc(-c3ccc4ccc(-c5ccc(-c6nc7ccccc7n6C)cc5)cc4c3)cc2)N(C)c2ccccc21. The van der Waals surface area contributed by atoms with E-state index in [9.17, 15) is 0 Å². The molecule has 45 heavy (non-hydrogen) atoms. The number of rotatable bonds is 4. The Morgan fingerprint density at radius 1 is 0.578 bits per heavy atom. The molecule has 0 saturated carbocycles. The molecule has 0 N–H and O–H groups in total. The molecule has 0 spiro atoms. The van der Waals surface area contributed by atoms with Crippen molar-refractivity contribution >= 4 is 27.5 Å². The van der Waals surface area contributed by atoms with Gasteiger partial charge in [-0.05, 0) is 93.2 Å². The second-order valence-electron chi connectivity index (χ2n) is 12.6. The predicted octanol–water partition coefficient (Wildman–Crippen LogP) is 10.8. The number of benzene rings is 6. The molecule has 0 amide bonds. The summed E-state index contributed by atoms with van der Waals surface area (Å²) in [6, 6.07) is 49.2. The monoisotopic (exact) mass is 583 g/mol. The summed E-state index contributed by atoms with van der Waals surface area (Å²) in [7, 11) is 4.34. The van der Waals surface area contributed by atoms with Crippen molar-refractivity contribution < 1.29 is 0 Å². The number of hydrogen-bond donors (Lipinski definition) is 0. The smallest absolute Gasteiger partial charge is 0.140 e. The van der Waals surface area contributed by atoms with Gasteiger partial charge in [0.25, 0.3) is 0 Å². The van der Waals surface area contributed by atoms with E-state index in [2.05, 4.69) is 158 Å². The lowest BCUT2D eigenvalue weighted by atomic mass is 9.93. The first-order chi connectivity index (χ1) is 22.0. The van der Waals surface area contributed by atoms with E-state index >= 15 is 0 Å². The molecule has 7 aromatic rings. The van der Waals surface area contributed by atoms with Gasteiger partial charge in [-0.25, -0.2) is 4.98 Å². The molecule has 2 heterocycles. The number of fused-ring (bicyclic) bond motifs is 3. The first-order valence-corrected chi connectivity index (χ1v) is 16.0. The van der Waals surface area contributed by atoms with Crippen LogP contribution in [0.3, 0.4) is 0 Å². The van der Waals surface area contributed by atoms with E-state index in [4.69, 9.17) is 4.98 Å². The van der Waals surface area contributed by atoms with Gasteiger partial charge in [0.15, 0.2) is 0 Å². The van der Waals surface area contributed by atoms with Crippen LogP contribution in [0.15, 0.2) is 133 Å². The van der Waals surface area contributed by atoms with E-state index in [0.717, 1.165) is 28.8 Å². The Labute approximate surface area is 265 Å². The molecule has 3 nitrogen and oxygen atoms in total. The number of aryl methyl sites for hydroxylation is 1. The van der Waals surface area contributed by atoms with Crippen LogP contribution in [0.2, 0.25) is 0 Å².